The SMILES string of the molecule is CCOc1ccc(C(=O)NNC(=O)CCCOc2ccc(Cl)cc2C)cc1. The normalized spacial score (nSPS) is 10.2. The second kappa shape index (κ2) is 10.4. The summed E-state index contributed by atoms with van der Waals surface area (Å²) in [6.45, 7) is 4.74. The molecule has 144 valence electrons. The van der Waals surface area contributed by atoms with Crippen LogP contribution in [0.5, 0.6) is 11.5 Å². The summed E-state index contributed by atoms with van der Waals surface area (Å²) in [6.07, 6.45) is 0.753. The largest absolute Gasteiger partial charge is 0.494 e. The quantitative estimate of drug-likeness (QED) is 0.532. The molecule has 0 aliphatic heterocycles. The van der Waals surface area contributed by atoms with Crippen LogP contribution < -0.4 is 20.3 Å². The van der Waals surface area contributed by atoms with Crippen molar-refractivity contribution in [1.82, 2.24) is 10.9 Å². The van der Waals surface area contributed by atoms with E-state index in [9.17, 15) is 9.59 Å². The number of hydrogen-bond donors (Lipinski definition) is 2. The van der Waals surface area contributed by atoms with Gasteiger partial charge in [-0.2, -0.15) is 0 Å². The molecule has 0 fully saturated rings. The Morgan fingerprint density at radius 3 is 2.44 bits per heavy atom. The number of carbonyl (C=O) groups is 2. The van der Waals surface area contributed by atoms with Crippen molar-refractivity contribution in [2.45, 2.75) is 26.7 Å². The number of ether oxygens (including phenoxy) is 2. The van der Waals surface area contributed by atoms with Crippen LogP contribution in [0.4, 0.5) is 0 Å². The number of benzene rings is 2. The molecule has 0 saturated heterocycles. The lowest BCUT2D eigenvalue weighted by Gasteiger charge is -2.10. The van der Waals surface area contributed by atoms with Crippen molar-refractivity contribution in [2.24, 2.45) is 0 Å². The van der Waals surface area contributed by atoms with E-state index in [1.807, 2.05) is 19.9 Å². The summed E-state index contributed by atoms with van der Waals surface area (Å²) in [5, 5.41) is 0.655. The van der Waals surface area contributed by atoms with E-state index >= 15 is 0 Å². The van der Waals surface area contributed by atoms with Gasteiger partial charge in [0.05, 0.1) is 13.2 Å². The lowest BCUT2D eigenvalue weighted by Crippen LogP contribution is -2.41. The summed E-state index contributed by atoms with van der Waals surface area (Å²) in [4.78, 5) is 23.8. The Morgan fingerprint density at radius 2 is 1.78 bits per heavy atom. The zero-order chi connectivity index (χ0) is 19.6. The number of nitrogens with one attached hydrogen (secondary N) is 2. The van der Waals surface area contributed by atoms with Crippen molar-refractivity contribution in [1.29, 1.82) is 0 Å². The smallest absolute Gasteiger partial charge is 0.269 e. The van der Waals surface area contributed by atoms with Crippen molar-refractivity contribution in [3.63, 3.8) is 0 Å². The predicted molar refractivity (Wildman–Crippen MR) is 104 cm³/mol. The fourth-order valence-electron chi connectivity index (χ4n) is 2.32. The predicted octanol–water partition coefficient (Wildman–Crippen LogP) is 3.67. The molecular weight excluding hydrogens is 368 g/mol. The maximum Gasteiger partial charge on any atom is 0.269 e. The molecule has 0 bridgehead atoms. The molecule has 2 aromatic carbocycles. The van der Waals surface area contributed by atoms with Crippen molar-refractivity contribution < 1.29 is 19.1 Å². The van der Waals surface area contributed by atoms with Gasteiger partial charge < -0.3 is 9.47 Å². The molecule has 6 nitrogen and oxygen atoms in total. The molecule has 0 atom stereocenters. The van der Waals surface area contributed by atoms with Crippen LogP contribution in [0.1, 0.15) is 35.7 Å². The molecular formula is C20H23ClN2O4. The third kappa shape index (κ3) is 6.83. The number of carbonyl (C=O) groups excluding carboxylic acids is 2. The van der Waals surface area contributed by atoms with Gasteiger partial charge >= 0.3 is 0 Å². The highest BCUT2D eigenvalue weighted by molar-refractivity contribution is 6.30. The molecule has 27 heavy (non-hydrogen) atoms. The van der Waals surface area contributed by atoms with Gasteiger partial charge in [0.2, 0.25) is 5.91 Å². The highest BCUT2D eigenvalue weighted by Gasteiger charge is 2.08. The fourth-order valence-corrected chi connectivity index (χ4v) is 2.55. The van der Waals surface area contributed by atoms with E-state index < -0.39 is 0 Å². The molecule has 0 saturated carbocycles. The Labute approximate surface area is 163 Å². The van der Waals surface area contributed by atoms with Crippen LogP contribution >= 0.6 is 11.6 Å². The van der Waals surface area contributed by atoms with Crippen molar-refractivity contribution in [2.75, 3.05) is 13.2 Å². The van der Waals surface area contributed by atoms with Crippen LogP contribution in [0.25, 0.3) is 0 Å². The first-order chi connectivity index (χ1) is 13.0. The highest BCUT2D eigenvalue weighted by atomic mass is 35.5. The molecule has 0 spiro atoms. The molecule has 7 heteroatoms. The average molecular weight is 391 g/mol. The zero-order valence-electron chi connectivity index (χ0n) is 15.4. The van der Waals surface area contributed by atoms with Crippen molar-refractivity contribution >= 4 is 23.4 Å². The molecule has 2 aromatic rings. The molecule has 0 aliphatic rings. The van der Waals surface area contributed by atoms with E-state index in [2.05, 4.69) is 10.9 Å². The first-order valence-electron chi connectivity index (χ1n) is 8.70. The summed E-state index contributed by atoms with van der Waals surface area (Å²) < 4.78 is 10.9. The Kier molecular flexibility index (Phi) is 7.95. The number of hydrazine groups is 1. The van der Waals surface area contributed by atoms with Gasteiger partial charge in [-0.3, -0.25) is 20.4 Å². The molecule has 0 radical (unpaired) electrons. The Morgan fingerprint density at radius 1 is 1.04 bits per heavy atom. The first-order valence-corrected chi connectivity index (χ1v) is 9.08. The Balaban J connectivity index is 1.67. The Hall–Kier alpha value is -2.73. The van der Waals surface area contributed by atoms with Crippen LogP contribution in [-0.4, -0.2) is 25.0 Å². The summed E-state index contributed by atoms with van der Waals surface area (Å²) in [6, 6.07) is 12.1. The van der Waals surface area contributed by atoms with E-state index in [0.29, 0.717) is 36.0 Å². The van der Waals surface area contributed by atoms with Crippen LogP contribution in [0.15, 0.2) is 42.5 Å². The van der Waals surface area contributed by atoms with Crippen molar-refractivity contribution in [3.05, 3.63) is 58.6 Å². The van der Waals surface area contributed by atoms with Gasteiger partial charge in [-0.15, -0.1) is 0 Å². The van der Waals surface area contributed by atoms with E-state index in [1.54, 1.807) is 36.4 Å². The maximum absolute atomic E-state index is 12.0. The first kappa shape index (κ1) is 20.6. The van der Waals surface area contributed by atoms with Gasteiger partial charge in [0.1, 0.15) is 11.5 Å². The van der Waals surface area contributed by atoms with Gasteiger partial charge in [0.15, 0.2) is 0 Å². The van der Waals surface area contributed by atoms with Gasteiger partial charge in [0, 0.05) is 17.0 Å². The average Bonchev–Trinajstić information content (AvgIpc) is 2.65. The van der Waals surface area contributed by atoms with Crippen LogP contribution in [-0.2, 0) is 4.79 Å². The Bertz CT molecular complexity index is 778. The van der Waals surface area contributed by atoms with Crippen molar-refractivity contribution in [3.8, 4) is 11.5 Å². The summed E-state index contributed by atoms with van der Waals surface area (Å²) in [5.74, 6) is 0.753. The lowest BCUT2D eigenvalue weighted by atomic mass is 10.2. The van der Waals surface area contributed by atoms with E-state index in [0.717, 1.165) is 11.3 Å². The summed E-state index contributed by atoms with van der Waals surface area (Å²) in [7, 11) is 0. The number of halogens is 1. The van der Waals surface area contributed by atoms with E-state index in [-0.39, 0.29) is 18.2 Å². The number of hydrogen-bond acceptors (Lipinski definition) is 4. The highest BCUT2D eigenvalue weighted by Crippen LogP contribution is 2.21. The molecule has 2 rings (SSSR count). The topological polar surface area (TPSA) is 76.7 Å². The minimum atomic E-state index is -0.389. The van der Waals surface area contributed by atoms with Gasteiger partial charge in [0.25, 0.3) is 5.91 Å². The molecule has 0 aromatic heterocycles. The van der Waals surface area contributed by atoms with Crippen LogP contribution in [0, 0.1) is 6.92 Å². The fraction of sp³-hybridized carbons (Fsp3) is 0.300. The minimum Gasteiger partial charge on any atom is -0.494 e. The molecule has 0 unspecified atom stereocenters. The molecule has 2 N–H and O–H groups in total. The molecule has 2 amide bonds. The third-order valence-corrected chi connectivity index (χ3v) is 3.92. The second-order valence-corrected chi connectivity index (χ2v) is 6.26. The minimum absolute atomic E-state index is 0.232. The van der Waals surface area contributed by atoms with Gasteiger partial charge in [-0.25, -0.2) is 0 Å². The zero-order valence-corrected chi connectivity index (χ0v) is 16.1. The number of amides is 2. The monoisotopic (exact) mass is 390 g/mol. The second-order valence-electron chi connectivity index (χ2n) is 5.82. The number of aryl methyl sites for hydroxylation is 1. The lowest BCUT2D eigenvalue weighted by molar-refractivity contribution is -0.122. The van der Waals surface area contributed by atoms with E-state index in [4.69, 9.17) is 21.1 Å². The molecule has 0 aliphatic carbocycles. The number of rotatable bonds is 8. The van der Waals surface area contributed by atoms with Gasteiger partial charge in [-0.1, -0.05) is 11.6 Å². The van der Waals surface area contributed by atoms with Crippen LogP contribution in [0.3, 0.4) is 0 Å². The summed E-state index contributed by atoms with van der Waals surface area (Å²) >= 11 is 5.90. The standard InChI is InChI=1S/C20H23ClN2O4/c1-3-26-17-9-6-15(7-10-17)20(25)23-22-19(24)5-4-12-27-18-11-8-16(21)13-14(18)2/h6-11,13H,3-5,12H2,1-2H3,(H,22,24)(H,23,25). The molecule has 0 heterocycles. The maximum atomic E-state index is 12.0. The summed E-state index contributed by atoms with van der Waals surface area (Å²) in [5.41, 5.74) is 6.16. The van der Waals surface area contributed by atoms with E-state index in [1.165, 1.54) is 0 Å². The van der Waals surface area contributed by atoms with Crippen LogP contribution in [0.2, 0.25) is 5.02 Å². The third-order valence-electron chi connectivity index (χ3n) is 3.69. The van der Waals surface area contributed by atoms with Gasteiger partial charge in [-0.05, 0) is 68.3 Å².